The molecule has 5 heteroatoms. The van der Waals surface area contributed by atoms with Crippen LogP contribution in [0.2, 0.25) is 0 Å². The molecule has 34 heavy (non-hydrogen) atoms. The molecule has 5 aromatic rings. The second-order valence-corrected chi connectivity index (χ2v) is 8.92. The van der Waals surface area contributed by atoms with Crippen molar-refractivity contribution in [2.75, 3.05) is 0 Å². The number of carbonyl (C=O) groups is 1. The van der Waals surface area contributed by atoms with Gasteiger partial charge >= 0.3 is 5.91 Å². The second-order valence-electron chi connectivity index (χ2n) is 8.92. The van der Waals surface area contributed by atoms with Crippen molar-refractivity contribution in [3.05, 3.63) is 101 Å². The fourth-order valence-corrected chi connectivity index (χ4v) is 4.44. The maximum atomic E-state index is 12.7. The van der Waals surface area contributed by atoms with Crippen LogP contribution < -0.4 is 5.43 Å². The van der Waals surface area contributed by atoms with Crippen molar-refractivity contribution in [3.8, 4) is 5.69 Å². The Labute approximate surface area is 198 Å². The highest BCUT2D eigenvalue weighted by Gasteiger charge is 2.14. The third kappa shape index (κ3) is 3.90. The van der Waals surface area contributed by atoms with Gasteiger partial charge in [-0.2, -0.15) is 5.10 Å². The van der Waals surface area contributed by atoms with Crippen molar-refractivity contribution in [2.24, 2.45) is 5.10 Å². The average molecular weight is 450 g/mol. The minimum atomic E-state index is -0.380. The average Bonchev–Trinajstić information content (AvgIpc) is 3.40. The molecule has 0 atom stereocenters. The monoisotopic (exact) mass is 449 g/mol. The van der Waals surface area contributed by atoms with Gasteiger partial charge in [0.1, 0.15) is 5.58 Å². The number of hydrogen-bond acceptors (Lipinski definition) is 3. The predicted molar refractivity (Wildman–Crippen MR) is 138 cm³/mol. The Morgan fingerprint density at radius 2 is 1.74 bits per heavy atom. The van der Waals surface area contributed by atoms with Crippen LogP contribution in [0.15, 0.2) is 82.3 Å². The Hall–Kier alpha value is -4.12. The minimum Gasteiger partial charge on any atom is -0.451 e. The van der Waals surface area contributed by atoms with E-state index in [1.807, 2.05) is 36.4 Å². The first-order chi connectivity index (χ1) is 16.4. The van der Waals surface area contributed by atoms with E-state index in [1.165, 1.54) is 5.56 Å². The number of rotatable bonds is 5. The van der Waals surface area contributed by atoms with Gasteiger partial charge in [0.2, 0.25) is 0 Å². The summed E-state index contributed by atoms with van der Waals surface area (Å²) in [6.45, 7) is 8.50. The van der Waals surface area contributed by atoms with E-state index in [0.29, 0.717) is 11.5 Å². The van der Waals surface area contributed by atoms with Gasteiger partial charge in [0.05, 0.1) is 6.21 Å². The van der Waals surface area contributed by atoms with E-state index < -0.39 is 0 Å². The molecule has 170 valence electrons. The van der Waals surface area contributed by atoms with Crippen molar-refractivity contribution in [1.82, 2.24) is 9.99 Å². The first kappa shape index (κ1) is 21.7. The van der Waals surface area contributed by atoms with Crippen molar-refractivity contribution in [2.45, 2.75) is 33.6 Å². The molecule has 0 aliphatic carbocycles. The van der Waals surface area contributed by atoms with E-state index in [2.05, 4.69) is 73.1 Å². The summed E-state index contributed by atoms with van der Waals surface area (Å²) in [4.78, 5) is 12.7. The molecule has 0 aliphatic rings. The largest absolute Gasteiger partial charge is 0.451 e. The number of amides is 1. The number of hydrogen-bond donors (Lipinski definition) is 1. The Morgan fingerprint density at radius 1 is 0.971 bits per heavy atom. The van der Waals surface area contributed by atoms with Crippen LogP contribution in [-0.4, -0.2) is 16.7 Å². The summed E-state index contributed by atoms with van der Waals surface area (Å²) in [5.74, 6) is 0.353. The summed E-state index contributed by atoms with van der Waals surface area (Å²) in [5.41, 5.74) is 8.81. The van der Waals surface area contributed by atoms with Crippen LogP contribution in [-0.2, 0) is 0 Å². The first-order valence-electron chi connectivity index (χ1n) is 11.5. The third-order valence-corrected chi connectivity index (χ3v) is 6.31. The molecule has 2 heterocycles. The fourth-order valence-electron chi connectivity index (χ4n) is 4.44. The zero-order valence-electron chi connectivity index (χ0n) is 19.8. The molecule has 1 N–H and O–H groups in total. The van der Waals surface area contributed by atoms with E-state index in [0.717, 1.165) is 38.8 Å². The SMILES string of the molecule is Cc1cc(C=NNC(=O)c2cc3c(ccc4ccccc43)o2)c(C)n1-c1ccc(C(C)C)cc1. The molecule has 0 fully saturated rings. The summed E-state index contributed by atoms with van der Waals surface area (Å²) in [6.07, 6.45) is 1.68. The number of nitrogens with zero attached hydrogens (tertiary/aromatic N) is 2. The van der Waals surface area contributed by atoms with Crippen LogP contribution in [0.1, 0.15) is 52.8 Å². The highest BCUT2D eigenvalue weighted by molar-refractivity contribution is 6.08. The number of furan rings is 1. The van der Waals surface area contributed by atoms with E-state index in [-0.39, 0.29) is 11.7 Å². The molecule has 5 rings (SSSR count). The lowest BCUT2D eigenvalue weighted by molar-refractivity contribution is 0.0929. The lowest BCUT2D eigenvalue weighted by Gasteiger charge is -2.12. The van der Waals surface area contributed by atoms with Crippen LogP contribution in [0.25, 0.3) is 27.4 Å². The van der Waals surface area contributed by atoms with Crippen molar-refractivity contribution in [1.29, 1.82) is 0 Å². The van der Waals surface area contributed by atoms with Gasteiger partial charge in [-0.25, -0.2) is 5.43 Å². The van der Waals surface area contributed by atoms with Crippen LogP contribution in [0.5, 0.6) is 0 Å². The molecule has 2 aromatic heterocycles. The van der Waals surface area contributed by atoms with Crippen LogP contribution >= 0.6 is 0 Å². The zero-order valence-corrected chi connectivity index (χ0v) is 19.8. The van der Waals surface area contributed by atoms with E-state index in [4.69, 9.17) is 4.42 Å². The lowest BCUT2D eigenvalue weighted by atomic mass is 10.0. The van der Waals surface area contributed by atoms with Gasteiger partial charge in [-0.05, 0) is 66.4 Å². The third-order valence-electron chi connectivity index (χ3n) is 6.31. The molecule has 0 spiro atoms. The van der Waals surface area contributed by atoms with Gasteiger partial charge < -0.3 is 8.98 Å². The van der Waals surface area contributed by atoms with E-state index in [9.17, 15) is 4.79 Å². The molecule has 0 unspecified atom stereocenters. The number of carbonyl (C=O) groups excluding carboxylic acids is 1. The molecule has 3 aromatic carbocycles. The van der Waals surface area contributed by atoms with Crippen molar-refractivity contribution < 1.29 is 9.21 Å². The normalized spacial score (nSPS) is 11.8. The molecule has 0 aliphatic heterocycles. The van der Waals surface area contributed by atoms with E-state index in [1.54, 1.807) is 12.3 Å². The van der Waals surface area contributed by atoms with Gasteiger partial charge in [0.25, 0.3) is 0 Å². The van der Waals surface area contributed by atoms with Gasteiger partial charge in [0.15, 0.2) is 5.76 Å². The summed E-state index contributed by atoms with van der Waals surface area (Å²) >= 11 is 0. The van der Waals surface area contributed by atoms with Gasteiger partial charge in [0, 0.05) is 28.0 Å². The van der Waals surface area contributed by atoms with Crippen LogP contribution in [0.3, 0.4) is 0 Å². The maximum absolute atomic E-state index is 12.7. The smallest absolute Gasteiger partial charge is 0.307 e. The molecule has 0 saturated heterocycles. The molecular formula is C29H27N3O2. The number of aryl methyl sites for hydroxylation is 1. The number of benzene rings is 3. The molecule has 1 amide bonds. The van der Waals surface area contributed by atoms with Crippen molar-refractivity contribution in [3.63, 3.8) is 0 Å². The Kier molecular flexibility index (Phi) is 5.54. The number of hydrazone groups is 1. The Balaban J connectivity index is 1.35. The number of fused-ring (bicyclic) bond motifs is 3. The van der Waals surface area contributed by atoms with Gasteiger partial charge in [-0.15, -0.1) is 0 Å². The quantitative estimate of drug-likeness (QED) is 0.235. The standard InChI is InChI=1S/C29H27N3O2/c1-18(2)21-9-12-24(13-10-21)32-19(3)15-23(20(32)4)17-30-31-29(33)28-16-26-25-8-6-5-7-22(25)11-14-27(26)34-28/h5-18H,1-4H3,(H,31,33). The van der Waals surface area contributed by atoms with Crippen molar-refractivity contribution >= 4 is 33.9 Å². The number of nitrogens with one attached hydrogen (secondary N) is 1. The lowest BCUT2D eigenvalue weighted by Crippen LogP contribution is -2.16. The molecular weight excluding hydrogens is 422 g/mol. The maximum Gasteiger partial charge on any atom is 0.307 e. The Bertz CT molecular complexity index is 1540. The first-order valence-corrected chi connectivity index (χ1v) is 11.5. The predicted octanol–water partition coefficient (Wildman–Crippen LogP) is 6.88. The Morgan fingerprint density at radius 3 is 2.50 bits per heavy atom. The molecule has 0 saturated carbocycles. The summed E-state index contributed by atoms with van der Waals surface area (Å²) in [6, 6.07) is 24.4. The minimum absolute atomic E-state index is 0.235. The summed E-state index contributed by atoms with van der Waals surface area (Å²) < 4.78 is 7.97. The molecule has 0 bridgehead atoms. The van der Waals surface area contributed by atoms with Gasteiger partial charge in [-0.3, -0.25) is 4.79 Å². The highest BCUT2D eigenvalue weighted by Crippen LogP contribution is 2.28. The zero-order chi connectivity index (χ0) is 23.8. The second kappa shape index (κ2) is 8.67. The topological polar surface area (TPSA) is 59.5 Å². The molecule has 0 radical (unpaired) electrons. The van der Waals surface area contributed by atoms with Gasteiger partial charge in [-0.1, -0.05) is 56.3 Å². The fraction of sp³-hybridized carbons (Fsp3) is 0.172. The van der Waals surface area contributed by atoms with Crippen LogP contribution in [0, 0.1) is 13.8 Å². The number of aromatic nitrogens is 1. The van der Waals surface area contributed by atoms with E-state index >= 15 is 0 Å². The summed E-state index contributed by atoms with van der Waals surface area (Å²) in [7, 11) is 0. The summed E-state index contributed by atoms with van der Waals surface area (Å²) in [5, 5.41) is 7.28. The highest BCUT2D eigenvalue weighted by atomic mass is 16.3. The molecule has 5 nitrogen and oxygen atoms in total. The van der Waals surface area contributed by atoms with Crippen LogP contribution in [0.4, 0.5) is 0 Å².